The predicted octanol–water partition coefficient (Wildman–Crippen LogP) is 2.44. The molecule has 4 heteroatoms. The van der Waals surface area contributed by atoms with Crippen LogP contribution in [0.15, 0.2) is 24.3 Å². The minimum atomic E-state index is -0.179. The van der Waals surface area contributed by atoms with Crippen molar-refractivity contribution in [2.45, 2.75) is 45.4 Å². The van der Waals surface area contributed by atoms with Gasteiger partial charge in [0.1, 0.15) is 11.8 Å². The van der Waals surface area contributed by atoms with Gasteiger partial charge in [-0.2, -0.15) is 0 Å². The van der Waals surface area contributed by atoms with E-state index in [0.29, 0.717) is 6.61 Å². The third kappa shape index (κ3) is 3.70. The number of hydrogen-bond donors (Lipinski definition) is 1. The van der Waals surface area contributed by atoms with Crippen molar-refractivity contribution in [2.75, 3.05) is 6.61 Å². The van der Waals surface area contributed by atoms with E-state index < -0.39 is 0 Å². The van der Waals surface area contributed by atoms with E-state index in [1.165, 1.54) is 0 Å². The summed E-state index contributed by atoms with van der Waals surface area (Å²) in [4.78, 5) is 11.4. The molecule has 4 nitrogen and oxygen atoms in total. The van der Waals surface area contributed by atoms with Crippen molar-refractivity contribution in [3.8, 4) is 5.75 Å². The number of rotatable bonds is 5. The summed E-state index contributed by atoms with van der Waals surface area (Å²) in [6.07, 6.45) is 0.923. The van der Waals surface area contributed by atoms with Crippen molar-refractivity contribution in [3.05, 3.63) is 29.8 Å². The Morgan fingerprint density at radius 2 is 1.95 bits per heavy atom. The molecule has 0 bridgehead atoms. The number of nitrogens with one attached hydrogen (secondary N) is 1. The highest BCUT2D eigenvalue weighted by Crippen LogP contribution is 2.20. The monoisotopic (exact) mass is 263 g/mol. The standard InChI is InChI=1S/C15H21NO3/c1-10(2)19-13-6-4-12(5-7-13)11(3)16-14-8-9-18-15(14)17/h4-7,10-11,14,16H,8-9H2,1-3H3. The summed E-state index contributed by atoms with van der Waals surface area (Å²) in [6.45, 7) is 6.57. The smallest absolute Gasteiger partial charge is 0.323 e. The Hall–Kier alpha value is -1.55. The van der Waals surface area contributed by atoms with E-state index in [1.54, 1.807) is 0 Å². The normalized spacial score (nSPS) is 20.4. The summed E-state index contributed by atoms with van der Waals surface area (Å²) in [6, 6.07) is 7.90. The molecule has 1 heterocycles. The Balaban J connectivity index is 1.95. The summed E-state index contributed by atoms with van der Waals surface area (Å²) in [5, 5.41) is 3.29. The molecule has 2 atom stereocenters. The lowest BCUT2D eigenvalue weighted by atomic mass is 10.1. The number of cyclic esters (lactones) is 1. The molecule has 0 radical (unpaired) electrons. The lowest BCUT2D eigenvalue weighted by Crippen LogP contribution is -2.35. The first kappa shape index (κ1) is 13.9. The van der Waals surface area contributed by atoms with Gasteiger partial charge in [-0.05, 0) is 38.5 Å². The highest BCUT2D eigenvalue weighted by molar-refractivity contribution is 5.77. The molecule has 0 amide bonds. The third-order valence-corrected chi connectivity index (χ3v) is 3.14. The van der Waals surface area contributed by atoms with Crippen molar-refractivity contribution < 1.29 is 14.3 Å². The zero-order valence-electron chi connectivity index (χ0n) is 11.7. The van der Waals surface area contributed by atoms with E-state index in [9.17, 15) is 4.79 Å². The number of carbonyl (C=O) groups is 1. The van der Waals surface area contributed by atoms with Gasteiger partial charge in [-0.25, -0.2) is 0 Å². The molecule has 19 heavy (non-hydrogen) atoms. The Morgan fingerprint density at radius 3 is 2.47 bits per heavy atom. The first-order valence-electron chi connectivity index (χ1n) is 6.75. The molecule has 0 aromatic heterocycles. The molecule has 1 fully saturated rings. The fourth-order valence-electron chi connectivity index (χ4n) is 2.15. The van der Waals surface area contributed by atoms with E-state index in [4.69, 9.17) is 9.47 Å². The Kier molecular flexibility index (Phi) is 4.43. The summed E-state index contributed by atoms with van der Waals surface area (Å²) < 4.78 is 10.5. The maximum atomic E-state index is 11.4. The molecule has 0 spiro atoms. The lowest BCUT2D eigenvalue weighted by Gasteiger charge is -2.18. The minimum Gasteiger partial charge on any atom is -0.491 e. The number of ether oxygens (including phenoxy) is 2. The molecule has 1 aromatic carbocycles. The predicted molar refractivity (Wildman–Crippen MR) is 73.1 cm³/mol. The first-order valence-corrected chi connectivity index (χ1v) is 6.75. The Labute approximate surface area is 114 Å². The van der Waals surface area contributed by atoms with Crippen LogP contribution in [0.25, 0.3) is 0 Å². The molecule has 2 unspecified atom stereocenters. The molecule has 1 aromatic rings. The van der Waals surface area contributed by atoms with Crippen LogP contribution in [-0.2, 0) is 9.53 Å². The van der Waals surface area contributed by atoms with Crippen LogP contribution in [0.4, 0.5) is 0 Å². The second kappa shape index (κ2) is 6.06. The van der Waals surface area contributed by atoms with Crippen molar-refractivity contribution in [1.82, 2.24) is 5.32 Å². The van der Waals surface area contributed by atoms with Gasteiger partial charge in [-0.3, -0.25) is 10.1 Å². The van der Waals surface area contributed by atoms with Crippen LogP contribution in [0, 0.1) is 0 Å². The second-order valence-electron chi connectivity index (χ2n) is 5.13. The van der Waals surface area contributed by atoms with Crippen LogP contribution < -0.4 is 10.1 Å². The van der Waals surface area contributed by atoms with Crippen LogP contribution in [0.3, 0.4) is 0 Å². The fraction of sp³-hybridized carbons (Fsp3) is 0.533. The molecule has 1 aliphatic heterocycles. The minimum absolute atomic E-state index is 0.115. The summed E-state index contributed by atoms with van der Waals surface area (Å²) in [5.41, 5.74) is 1.14. The van der Waals surface area contributed by atoms with Gasteiger partial charge in [0.25, 0.3) is 0 Å². The van der Waals surface area contributed by atoms with Gasteiger partial charge in [0, 0.05) is 12.5 Å². The first-order chi connectivity index (χ1) is 9.06. The van der Waals surface area contributed by atoms with Gasteiger partial charge in [-0.1, -0.05) is 12.1 Å². The quantitative estimate of drug-likeness (QED) is 0.829. The molecule has 104 valence electrons. The van der Waals surface area contributed by atoms with Crippen molar-refractivity contribution in [2.24, 2.45) is 0 Å². The van der Waals surface area contributed by atoms with Crippen molar-refractivity contribution in [3.63, 3.8) is 0 Å². The number of carbonyl (C=O) groups excluding carboxylic acids is 1. The van der Waals surface area contributed by atoms with E-state index in [2.05, 4.69) is 5.32 Å². The summed E-state index contributed by atoms with van der Waals surface area (Å²) >= 11 is 0. The fourth-order valence-corrected chi connectivity index (χ4v) is 2.15. The highest BCUT2D eigenvalue weighted by Gasteiger charge is 2.27. The molecule has 1 aliphatic rings. The third-order valence-electron chi connectivity index (χ3n) is 3.14. The van der Waals surface area contributed by atoms with Crippen LogP contribution in [0.5, 0.6) is 5.75 Å². The van der Waals surface area contributed by atoms with E-state index in [0.717, 1.165) is 17.7 Å². The van der Waals surface area contributed by atoms with E-state index >= 15 is 0 Å². The molecular formula is C15H21NO3. The van der Waals surface area contributed by atoms with Crippen molar-refractivity contribution >= 4 is 5.97 Å². The summed E-state index contributed by atoms with van der Waals surface area (Å²) in [5.74, 6) is 0.720. The average molecular weight is 263 g/mol. The van der Waals surface area contributed by atoms with Crippen LogP contribution >= 0.6 is 0 Å². The summed E-state index contributed by atoms with van der Waals surface area (Å²) in [7, 11) is 0. The number of esters is 1. The molecular weight excluding hydrogens is 242 g/mol. The molecule has 1 saturated heterocycles. The SMILES string of the molecule is CC(C)Oc1ccc(C(C)NC2CCOC2=O)cc1. The topological polar surface area (TPSA) is 47.6 Å². The lowest BCUT2D eigenvalue weighted by molar-refractivity contribution is -0.139. The van der Waals surface area contributed by atoms with E-state index in [1.807, 2.05) is 45.0 Å². The maximum absolute atomic E-state index is 11.4. The maximum Gasteiger partial charge on any atom is 0.323 e. The largest absolute Gasteiger partial charge is 0.491 e. The highest BCUT2D eigenvalue weighted by atomic mass is 16.5. The van der Waals surface area contributed by atoms with Gasteiger partial charge in [-0.15, -0.1) is 0 Å². The van der Waals surface area contributed by atoms with Crippen LogP contribution in [0.1, 0.15) is 38.8 Å². The molecule has 0 aliphatic carbocycles. The van der Waals surface area contributed by atoms with Gasteiger partial charge in [0.2, 0.25) is 0 Å². The Bertz CT molecular complexity index is 428. The second-order valence-corrected chi connectivity index (χ2v) is 5.13. The molecule has 2 rings (SSSR count). The number of hydrogen-bond acceptors (Lipinski definition) is 4. The van der Waals surface area contributed by atoms with Gasteiger partial charge >= 0.3 is 5.97 Å². The van der Waals surface area contributed by atoms with E-state index in [-0.39, 0.29) is 24.2 Å². The zero-order chi connectivity index (χ0) is 13.8. The zero-order valence-corrected chi connectivity index (χ0v) is 11.7. The molecule has 0 saturated carbocycles. The van der Waals surface area contributed by atoms with Gasteiger partial charge in [0.05, 0.1) is 12.7 Å². The van der Waals surface area contributed by atoms with Gasteiger partial charge in [0.15, 0.2) is 0 Å². The average Bonchev–Trinajstić information content (AvgIpc) is 2.75. The molecule has 1 N–H and O–H groups in total. The van der Waals surface area contributed by atoms with Gasteiger partial charge < -0.3 is 9.47 Å². The van der Waals surface area contributed by atoms with Crippen molar-refractivity contribution in [1.29, 1.82) is 0 Å². The number of benzene rings is 1. The Morgan fingerprint density at radius 1 is 1.26 bits per heavy atom. The van der Waals surface area contributed by atoms with Crippen LogP contribution in [-0.4, -0.2) is 24.7 Å². The van der Waals surface area contributed by atoms with Crippen LogP contribution in [0.2, 0.25) is 0 Å².